The fourth-order valence-electron chi connectivity index (χ4n) is 2.88. The van der Waals surface area contributed by atoms with E-state index < -0.39 is 0 Å². The van der Waals surface area contributed by atoms with E-state index in [-0.39, 0.29) is 18.3 Å². The Kier molecular flexibility index (Phi) is 5.34. The second-order valence-corrected chi connectivity index (χ2v) is 7.50. The molecule has 1 N–H and O–H groups in total. The van der Waals surface area contributed by atoms with Crippen LogP contribution in [-0.2, 0) is 0 Å². The molecule has 0 spiro atoms. The molecule has 2 bridgehead atoms. The molecule has 0 aliphatic carbocycles. The number of likely N-dealkylation sites (tertiary alicyclic amines) is 1. The van der Waals surface area contributed by atoms with E-state index in [1.807, 2.05) is 11.0 Å². The number of hydrogen-bond donors (Lipinski definition) is 1. The Labute approximate surface area is 137 Å². The average Bonchev–Trinajstić information content (AvgIpc) is 2.91. The summed E-state index contributed by atoms with van der Waals surface area (Å²) in [6.07, 6.45) is 3.50. The molecule has 0 saturated carbocycles. The molecule has 3 rings (SSSR count). The number of thiophene rings is 1. The van der Waals surface area contributed by atoms with Gasteiger partial charge in [0.2, 0.25) is 0 Å². The fourth-order valence-corrected chi connectivity index (χ4v) is 4.50. The van der Waals surface area contributed by atoms with E-state index in [1.54, 1.807) is 7.11 Å². The Morgan fingerprint density at radius 1 is 1.45 bits per heavy atom. The summed E-state index contributed by atoms with van der Waals surface area (Å²) < 4.78 is 6.10. The highest BCUT2D eigenvalue weighted by atomic mass is 79.9. The van der Waals surface area contributed by atoms with Crippen LogP contribution in [0.3, 0.4) is 0 Å². The van der Waals surface area contributed by atoms with Crippen LogP contribution in [0.4, 0.5) is 0 Å². The number of rotatable bonds is 2. The third kappa shape index (κ3) is 3.13. The molecule has 0 aromatic carbocycles. The van der Waals surface area contributed by atoms with Gasteiger partial charge in [-0.1, -0.05) is 0 Å². The Bertz CT molecular complexity index is 497. The van der Waals surface area contributed by atoms with Gasteiger partial charge < -0.3 is 15.0 Å². The van der Waals surface area contributed by atoms with Crippen molar-refractivity contribution in [3.05, 3.63) is 14.7 Å². The molecule has 7 heteroatoms. The van der Waals surface area contributed by atoms with Gasteiger partial charge >= 0.3 is 0 Å². The number of amides is 1. The Hall–Kier alpha value is -0.300. The Morgan fingerprint density at radius 2 is 2.20 bits per heavy atom. The highest BCUT2D eigenvalue weighted by Gasteiger charge is 2.32. The first-order valence-electron chi connectivity index (χ1n) is 6.56. The predicted molar refractivity (Wildman–Crippen MR) is 86.3 cm³/mol. The van der Waals surface area contributed by atoms with Gasteiger partial charge in [0.25, 0.3) is 5.91 Å². The molecule has 112 valence electrons. The summed E-state index contributed by atoms with van der Waals surface area (Å²) in [7, 11) is 1.62. The number of fused-ring (bicyclic) bond motifs is 2. The summed E-state index contributed by atoms with van der Waals surface area (Å²) in [6.45, 7) is 1.68. The summed E-state index contributed by atoms with van der Waals surface area (Å²) in [5.41, 5.74) is 0. The van der Waals surface area contributed by atoms with Gasteiger partial charge in [0.1, 0.15) is 9.54 Å². The number of carbonyl (C=O) groups excluding carboxylic acids is 1. The van der Waals surface area contributed by atoms with Crippen molar-refractivity contribution in [3.8, 4) is 5.75 Å². The second-order valence-electron chi connectivity index (χ2n) is 5.13. The minimum Gasteiger partial charge on any atom is -0.495 e. The predicted octanol–water partition coefficient (Wildman–Crippen LogP) is 2.91. The lowest BCUT2D eigenvalue weighted by Crippen LogP contribution is -2.38. The molecule has 0 radical (unpaired) electrons. The summed E-state index contributed by atoms with van der Waals surface area (Å²) >= 11 is 4.88. The van der Waals surface area contributed by atoms with Crippen LogP contribution in [0.2, 0.25) is 0 Å². The van der Waals surface area contributed by atoms with Crippen molar-refractivity contribution >= 4 is 45.6 Å². The highest BCUT2D eigenvalue weighted by molar-refractivity contribution is 9.11. The topological polar surface area (TPSA) is 41.6 Å². The molecule has 20 heavy (non-hydrogen) atoms. The van der Waals surface area contributed by atoms with E-state index >= 15 is 0 Å². The molecular weight excluding hydrogens is 364 g/mol. The minimum absolute atomic E-state index is 0. The number of hydrogen-bond acceptors (Lipinski definition) is 4. The van der Waals surface area contributed by atoms with Gasteiger partial charge in [0.05, 0.1) is 12.0 Å². The average molecular weight is 382 g/mol. The first kappa shape index (κ1) is 16.1. The van der Waals surface area contributed by atoms with Crippen LogP contribution in [-0.4, -0.2) is 43.1 Å². The first-order valence-corrected chi connectivity index (χ1v) is 8.17. The van der Waals surface area contributed by atoms with Crippen molar-refractivity contribution in [3.63, 3.8) is 0 Å². The molecule has 2 aliphatic rings. The van der Waals surface area contributed by atoms with Crippen LogP contribution >= 0.6 is 39.7 Å². The van der Waals surface area contributed by atoms with E-state index in [2.05, 4.69) is 21.2 Å². The SMILES string of the molecule is COc1cc(C(=O)N2CCC3CCC(C2)N3)sc1Br.Cl. The van der Waals surface area contributed by atoms with Gasteiger partial charge in [-0.3, -0.25) is 4.79 Å². The Balaban J connectivity index is 0.00000147. The first-order chi connectivity index (χ1) is 9.17. The number of ether oxygens (including phenoxy) is 1. The van der Waals surface area contributed by atoms with Crippen LogP contribution < -0.4 is 10.1 Å². The standard InChI is InChI=1S/C13H17BrN2O2S.ClH/c1-18-10-6-11(19-12(10)14)13(17)16-5-4-8-2-3-9(7-16)15-8;/h6,8-9,15H,2-5,7H2,1H3;1H. The van der Waals surface area contributed by atoms with E-state index in [9.17, 15) is 4.79 Å². The minimum atomic E-state index is 0. The van der Waals surface area contributed by atoms with Crippen molar-refractivity contribution in [1.29, 1.82) is 0 Å². The van der Waals surface area contributed by atoms with E-state index in [1.165, 1.54) is 24.2 Å². The molecule has 1 aromatic rings. The van der Waals surface area contributed by atoms with E-state index in [0.717, 1.165) is 33.9 Å². The van der Waals surface area contributed by atoms with Crippen LogP contribution in [0.25, 0.3) is 0 Å². The molecule has 2 saturated heterocycles. The van der Waals surface area contributed by atoms with Crippen molar-refractivity contribution in [2.45, 2.75) is 31.3 Å². The van der Waals surface area contributed by atoms with Crippen LogP contribution in [0.1, 0.15) is 28.9 Å². The van der Waals surface area contributed by atoms with Gasteiger partial charge in [-0.05, 0) is 35.2 Å². The Morgan fingerprint density at radius 3 is 2.90 bits per heavy atom. The third-order valence-corrected chi connectivity index (χ3v) is 5.67. The maximum atomic E-state index is 12.5. The van der Waals surface area contributed by atoms with E-state index in [4.69, 9.17) is 4.74 Å². The van der Waals surface area contributed by atoms with Crippen LogP contribution in [0.5, 0.6) is 5.75 Å². The molecule has 1 aromatic heterocycles. The number of carbonyl (C=O) groups is 1. The van der Waals surface area contributed by atoms with Crippen molar-refractivity contribution in [2.75, 3.05) is 20.2 Å². The second kappa shape index (κ2) is 6.64. The fraction of sp³-hybridized carbons (Fsp3) is 0.615. The maximum absolute atomic E-state index is 12.5. The summed E-state index contributed by atoms with van der Waals surface area (Å²) in [6, 6.07) is 2.90. The van der Waals surface area contributed by atoms with Gasteiger partial charge in [-0.2, -0.15) is 0 Å². The molecule has 2 fully saturated rings. The molecule has 2 atom stereocenters. The number of halogens is 2. The normalized spacial score (nSPS) is 25.0. The van der Waals surface area contributed by atoms with E-state index in [0.29, 0.717) is 12.1 Å². The van der Waals surface area contributed by atoms with Gasteiger partial charge in [-0.25, -0.2) is 0 Å². The smallest absolute Gasteiger partial charge is 0.264 e. The summed E-state index contributed by atoms with van der Waals surface area (Å²) in [5, 5.41) is 3.59. The molecular formula is C13H18BrClN2O2S. The van der Waals surface area contributed by atoms with Gasteiger partial charge in [0, 0.05) is 31.2 Å². The van der Waals surface area contributed by atoms with Crippen LogP contribution in [0.15, 0.2) is 9.85 Å². The number of nitrogens with one attached hydrogen (secondary N) is 1. The zero-order chi connectivity index (χ0) is 13.4. The molecule has 2 unspecified atom stereocenters. The summed E-state index contributed by atoms with van der Waals surface area (Å²) in [4.78, 5) is 15.3. The zero-order valence-corrected chi connectivity index (χ0v) is 14.4. The highest BCUT2D eigenvalue weighted by Crippen LogP contribution is 2.35. The molecule has 4 nitrogen and oxygen atoms in total. The lowest BCUT2D eigenvalue weighted by molar-refractivity contribution is 0.0753. The van der Waals surface area contributed by atoms with Gasteiger partial charge in [0.15, 0.2) is 0 Å². The van der Waals surface area contributed by atoms with Crippen molar-refractivity contribution in [1.82, 2.24) is 10.2 Å². The number of nitrogens with zero attached hydrogens (tertiary/aromatic N) is 1. The van der Waals surface area contributed by atoms with Gasteiger partial charge in [-0.15, -0.1) is 23.7 Å². The zero-order valence-electron chi connectivity index (χ0n) is 11.2. The third-order valence-electron chi connectivity index (χ3n) is 3.90. The molecule has 3 heterocycles. The lowest BCUT2D eigenvalue weighted by Gasteiger charge is -2.23. The monoisotopic (exact) mass is 380 g/mol. The lowest BCUT2D eigenvalue weighted by atomic mass is 10.1. The molecule has 1 amide bonds. The maximum Gasteiger partial charge on any atom is 0.264 e. The van der Waals surface area contributed by atoms with Crippen molar-refractivity contribution in [2.24, 2.45) is 0 Å². The van der Waals surface area contributed by atoms with Crippen LogP contribution in [0, 0.1) is 0 Å². The largest absolute Gasteiger partial charge is 0.495 e. The summed E-state index contributed by atoms with van der Waals surface area (Å²) in [5.74, 6) is 0.867. The number of methoxy groups -OCH3 is 1. The van der Waals surface area contributed by atoms with Crippen molar-refractivity contribution < 1.29 is 9.53 Å². The molecule has 2 aliphatic heterocycles. The quantitative estimate of drug-likeness (QED) is 0.856.